The van der Waals surface area contributed by atoms with Crippen molar-refractivity contribution in [3.8, 4) is 0 Å². The lowest BCUT2D eigenvalue weighted by Crippen LogP contribution is -2.31. The highest BCUT2D eigenvalue weighted by Crippen LogP contribution is 2.24. The van der Waals surface area contributed by atoms with Crippen molar-refractivity contribution in [1.82, 2.24) is 5.32 Å². The van der Waals surface area contributed by atoms with Crippen LogP contribution in [-0.4, -0.2) is 18.5 Å². The fourth-order valence-corrected chi connectivity index (χ4v) is 3.68. The number of carbonyl (C=O) groups excluding carboxylic acids is 1. The molecule has 18 heavy (non-hydrogen) atoms. The van der Waals surface area contributed by atoms with E-state index in [1.54, 1.807) is 11.3 Å². The quantitative estimate of drug-likeness (QED) is 0.874. The minimum atomic E-state index is 0. The number of hydrogen-bond donors (Lipinski definition) is 2. The van der Waals surface area contributed by atoms with Crippen LogP contribution in [0.3, 0.4) is 0 Å². The molecule has 1 aliphatic carbocycles. The van der Waals surface area contributed by atoms with Crippen LogP contribution in [0.5, 0.6) is 0 Å². The summed E-state index contributed by atoms with van der Waals surface area (Å²) in [5, 5.41) is 3.00. The summed E-state index contributed by atoms with van der Waals surface area (Å²) in [4.78, 5) is 13.1. The first-order valence-corrected chi connectivity index (χ1v) is 7.53. The van der Waals surface area contributed by atoms with Gasteiger partial charge in [-0.25, -0.2) is 0 Å². The topological polar surface area (TPSA) is 55.1 Å². The van der Waals surface area contributed by atoms with Crippen LogP contribution in [0.2, 0.25) is 0 Å². The highest BCUT2D eigenvalue weighted by atomic mass is 79.9. The van der Waals surface area contributed by atoms with Gasteiger partial charge in [-0.05, 0) is 53.7 Å². The molecule has 1 aliphatic rings. The molecule has 1 fully saturated rings. The minimum absolute atomic E-state index is 0. The van der Waals surface area contributed by atoms with Gasteiger partial charge >= 0.3 is 0 Å². The standard InChI is InChI=1S/C12H17BrN2OS.ClH/c13-11-4-3-10(17-11)5-6-15-12(16)8-1-2-9(14)7-8;/h3-4,8-9H,1-2,5-7,14H2,(H,15,16);1H. The van der Waals surface area contributed by atoms with Crippen LogP contribution in [0.25, 0.3) is 0 Å². The second-order valence-electron chi connectivity index (χ2n) is 4.52. The monoisotopic (exact) mass is 352 g/mol. The maximum atomic E-state index is 11.8. The molecule has 2 rings (SSSR count). The second-order valence-corrected chi connectivity index (χ2v) is 7.06. The molecule has 3 nitrogen and oxygen atoms in total. The molecule has 1 saturated carbocycles. The van der Waals surface area contributed by atoms with Gasteiger partial charge in [0, 0.05) is 23.4 Å². The molecular weight excluding hydrogens is 336 g/mol. The molecule has 1 amide bonds. The van der Waals surface area contributed by atoms with E-state index in [4.69, 9.17) is 5.73 Å². The van der Waals surface area contributed by atoms with E-state index in [1.807, 2.05) is 6.07 Å². The Morgan fingerprint density at radius 1 is 1.50 bits per heavy atom. The van der Waals surface area contributed by atoms with E-state index in [0.29, 0.717) is 0 Å². The normalized spacial score (nSPS) is 22.6. The minimum Gasteiger partial charge on any atom is -0.356 e. The molecule has 6 heteroatoms. The van der Waals surface area contributed by atoms with Crippen molar-refractivity contribution in [3.05, 3.63) is 20.8 Å². The molecule has 0 aromatic carbocycles. The summed E-state index contributed by atoms with van der Waals surface area (Å²) in [6, 6.07) is 4.35. The molecule has 0 bridgehead atoms. The first-order valence-electron chi connectivity index (χ1n) is 5.92. The number of hydrogen-bond acceptors (Lipinski definition) is 3. The Bertz CT molecular complexity index is 399. The maximum Gasteiger partial charge on any atom is 0.223 e. The first-order chi connectivity index (χ1) is 8.15. The summed E-state index contributed by atoms with van der Waals surface area (Å²) in [6.45, 7) is 0.720. The lowest BCUT2D eigenvalue weighted by molar-refractivity contribution is -0.124. The van der Waals surface area contributed by atoms with Crippen molar-refractivity contribution in [3.63, 3.8) is 0 Å². The van der Waals surface area contributed by atoms with Gasteiger partial charge in [0.15, 0.2) is 0 Å². The third-order valence-corrected chi connectivity index (χ3v) is 4.83. The largest absolute Gasteiger partial charge is 0.356 e. The van der Waals surface area contributed by atoms with Gasteiger partial charge in [-0.3, -0.25) is 4.79 Å². The van der Waals surface area contributed by atoms with Crippen molar-refractivity contribution in [2.75, 3.05) is 6.54 Å². The van der Waals surface area contributed by atoms with Gasteiger partial charge in [-0.1, -0.05) is 0 Å². The predicted molar refractivity (Wildman–Crippen MR) is 81.3 cm³/mol. The van der Waals surface area contributed by atoms with Crippen molar-refractivity contribution in [1.29, 1.82) is 0 Å². The zero-order valence-corrected chi connectivity index (χ0v) is 13.2. The molecule has 1 aromatic heterocycles. The number of nitrogens with one attached hydrogen (secondary N) is 1. The van der Waals surface area contributed by atoms with E-state index < -0.39 is 0 Å². The molecule has 0 aliphatic heterocycles. The smallest absolute Gasteiger partial charge is 0.223 e. The molecular formula is C12H18BrClN2OS. The number of carbonyl (C=O) groups is 1. The fourth-order valence-electron chi connectivity index (χ4n) is 2.19. The van der Waals surface area contributed by atoms with E-state index in [9.17, 15) is 4.79 Å². The van der Waals surface area contributed by atoms with E-state index in [2.05, 4.69) is 27.3 Å². The van der Waals surface area contributed by atoms with Gasteiger partial charge in [-0.15, -0.1) is 23.7 Å². The lowest BCUT2D eigenvalue weighted by atomic mass is 10.1. The average molecular weight is 354 g/mol. The summed E-state index contributed by atoms with van der Waals surface area (Å²) in [5.41, 5.74) is 5.80. The molecule has 3 N–H and O–H groups in total. The molecule has 0 saturated heterocycles. The molecule has 102 valence electrons. The third kappa shape index (κ3) is 4.53. The Labute approximate surface area is 126 Å². The zero-order valence-electron chi connectivity index (χ0n) is 10.0. The Kier molecular flexibility index (Phi) is 6.63. The first kappa shape index (κ1) is 16.0. The molecule has 0 spiro atoms. The number of rotatable bonds is 4. The van der Waals surface area contributed by atoms with Crippen molar-refractivity contribution in [2.24, 2.45) is 11.7 Å². The highest BCUT2D eigenvalue weighted by Gasteiger charge is 2.27. The Hall–Kier alpha value is -0.100. The summed E-state index contributed by atoms with van der Waals surface area (Å²) in [7, 11) is 0. The number of nitrogens with two attached hydrogens (primary N) is 1. The SMILES string of the molecule is Cl.NC1CCC(C(=O)NCCc2ccc(Br)s2)C1. The van der Waals surface area contributed by atoms with Gasteiger partial charge in [0.2, 0.25) is 5.91 Å². The average Bonchev–Trinajstić information content (AvgIpc) is 2.88. The fraction of sp³-hybridized carbons (Fsp3) is 0.583. The van der Waals surface area contributed by atoms with Gasteiger partial charge in [0.25, 0.3) is 0 Å². The lowest BCUT2D eigenvalue weighted by Gasteiger charge is -2.10. The van der Waals surface area contributed by atoms with Crippen LogP contribution in [0.1, 0.15) is 24.1 Å². The van der Waals surface area contributed by atoms with E-state index >= 15 is 0 Å². The molecule has 1 aromatic rings. The van der Waals surface area contributed by atoms with Crippen LogP contribution in [0.15, 0.2) is 15.9 Å². The number of amides is 1. The van der Waals surface area contributed by atoms with Crippen molar-refractivity contribution >= 4 is 45.6 Å². The Morgan fingerprint density at radius 2 is 2.28 bits per heavy atom. The number of thiophene rings is 1. The van der Waals surface area contributed by atoms with Gasteiger partial charge in [0.1, 0.15) is 0 Å². The predicted octanol–water partition coefficient (Wildman–Crippen LogP) is 2.72. The van der Waals surface area contributed by atoms with Crippen LogP contribution < -0.4 is 11.1 Å². The van der Waals surface area contributed by atoms with E-state index in [-0.39, 0.29) is 30.3 Å². The van der Waals surface area contributed by atoms with Gasteiger partial charge in [0.05, 0.1) is 3.79 Å². The van der Waals surface area contributed by atoms with Crippen molar-refractivity contribution in [2.45, 2.75) is 31.7 Å². The van der Waals surface area contributed by atoms with Crippen LogP contribution in [-0.2, 0) is 11.2 Å². The molecule has 2 atom stereocenters. The summed E-state index contributed by atoms with van der Waals surface area (Å²) < 4.78 is 1.14. The van der Waals surface area contributed by atoms with Gasteiger partial charge in [-0.2, -0.15) is 0 Å². The summed E-state index contributed by atoms with van der Waals surface area (Å²) >= 11 is 5.15. The molecule has 2 unspecified atom stereocenters. The highest BCUT2D eigenvalue weighted by molar-refractivity contribution is 9.11. The number of halogens is 2. The second kappa shape index (κ2) is 7.48. The summed E-state index contributed by atoms with van der Waals surface area (Å²) in [6.07, 6.45) is 3.67. The van der Waals surface area contributed by atoms with Crippen LogP contribution in [0, 0.1) is 5.92 Å². The van der Waals surface area contributed by atoms with Crippen molar-refractivity contribution < 1.29 is 4.79 Å². The Morgan fingerprint density at radius 3 is 2.83 bits per heavy atom. The summed E-state index contributed by atoms with van der Waals surface area (Å²) in [5.74, 6) is 0.314. The maximum absolute atomic E-state index is 11.8. The zero-order chi connectivity index (χ0) is 12.3. The van der Waals surface area contributed by atoms with Gasteiger partial charge < -0.3 is 11.1 Å². The van der Waals surface area contributed by atoms with E-state index in [1.165, 1.54) is 4.88 Å². The molecule has 1 heterocycles. The van der Waals surface area contributed by atoms with Crippen LogP contribution >= 0.6 is 39.7 Å². The Balaban J connectivity index is 0.00000162. The van der Waals surface area contributed by atoms with Crippen LogP contribution in [0.4, 0.5) is 0 Å². The third-order valence-electron chi connectivity index (χ3n) is 3.14. The molecule has 0 radical (unpaired) electrons. The van der Waals surface area contributed by atoms with E-state index in [0.717, 1.165) is 36.0 Å².